The largest absolute Gasteiger partial charge is 0.416 e. The lowest BCUT2D eigenvalue weighted by atomic mass is 10.1. The minimum Gasteiger partial charge on any atom is -0.325 e. The quantitative estimate of drug-likeness (QED) is 0.346. The molecule has 0 bridgehead atoms. The molecule has 1 heterocycles. The summed E-state index contributed by atoms with van der Waals surface area (Å²) in [4.78, 5) is 30.6. The number of alkyl halides is 6. The highest BCUT2D eigenvalue weighted by Crippen LogP contribution is 2.37. The first-order valence-electron chi connectivity index (χ1n) is 8.15. The van der Waals surface area contributed by atoms with Crippen molar-refractivity contribution < 1.29 is 31.1 Å². The summed E-state index contributed by atoms with van der Waals surface area (Å²) < 4.78 is 77.3. The highest BCUT2D eigenvalue weighted by molar-refractivity contribution is 7.99. The third kappa shape index (κ3) is 5.12. The Bertz CT molecular complexity index is 1120. The first-order chi connectivity index (χ1) is 13.9. The SMILES string of the molecule is O=C(CSc1nc2ccccc2c(=O)[nH]1)Nc1cc(C(F)(F)F)cc(C(F)(F)F)c1. The van der Waals surface area contributed by atoms with Crippen molar-refractivity contribution in [1.29, 1.82) is 0 Å². The third-order valence-corrected chi connectivity index (χ3v) is 4.68. The average Bonchev–Trinajstić information content (AvgIpc) is 2.65. The van der Waals surface area contributed by atoms with Gasteiger partial charge in [0.15, 0.2) is 5.16 Å². The molecule has 1 aromatic heterocycles. The Labute approximate surface area is 168 Å². The Hall–Kier alpha value is -3.02. The van der Waals surface area contributed by atoms with E-state index < -0.39 is 46.4 Å². The second-order valence-electron chi connectivity index (χ2n) is 6.02. The van der Waals surface area contributed by atoms with Crippen LogP contribution in [0, 0.1) is 0 Å². The fourth-order valence-corrected chi connectivity index (χ4v) is 3.16. The van der Waals surface area contributed by atoms with E-state index in [1.54, 1.807) is 24.3 Å². The van der Waals surface area contributed by atoms with E-state index in [0.717, 1.165) is 11.8 Å². The predicted molar refractivity (Wildman–Crippen MR) is 98.2 cm³/mol. The van der Waals surface area contributed by atoms with Gasteiger partial charge < -0.3 is 10.3 Å². The minimum absolute atomic E-state index is 0.0336. The first-order valence-corrected chi connectivity index (χ1v) is 9.13. The molecule has 158 valence electrons. The molecular weight excluding hydrogens is 436 g/mol. The van der Waals surface area contributed by atoms with Crippen LogP contribution in [0.3, 0.4) is 0 Å². The normalized spacial score (nSPS) is 12.2. The molecule has 2 aromatic carbocycles. The van der Waals surface area contributed by atoms with Crippen LogP contribution in [0.25, 0.3) is 10.9 Å². The molecule has 0 fully saturated rings. The van der Waals surface area contributed by atoms with Crippen LogP contribution in [0.2, 0.25) is 0 Å². The van der Waals surface area contributed by atoms with Crippen LogP contribution in [0.1, 0.15) is 11.1 Å². The van der Waals surface area contributed by atoms with Gasteiger partial charge in [-0.05, 0) is 30.3 Å². The Morgan fingerprint density at radius 3 is 2.20 bits per heavy atom. The van der Waals surface area contributed by atoms with Gasteiger partial charge in [0.25, 0.3) is 5.56 Å². The van der Waals surface area contributed by atoms with Gasteiger partial charge in [0.1, 0.15) is 0 Å². The number of aromatic nitrogens is 2. The second kappa shape index (κ2) is 8.01. The van der Waals surface area contributed by atoms with Gasteiger partial charge in [0.05, 0.1) is 27.8 Å². The summed E-state index contributed by atoms with van der Waals surface area (Å²) in [5.74, 6) is -1.28. The lowest BCUT2D eigenvalue weighted by Crippen LogP contribution is -2.17. The van der Waals surface area contributed by atoms with Crippen molar-refractivity contribution in [1.82, 2.24) is 9.97 Å². The highest BCUT2D eigenvalue weighted by Gasteiger charge is 2.37. The van der Waals surface area contributed by atoms with E-state index >= 15 is 0 Å². The molecule has 0 radical (unpaired) electrons. The molecule has 5 nitrogen and oxygen atoms in total. The summed E-state index contributed by atoms with van der Waals surface area (Å²) in [7, 11) is 0. The fourth-order valence-electron chi connectivity index (χ4n) is 2.49. The molecule has 0 aliphatic carbocycles. The number of benzene rings is 2. The fraction of sp³-hybridized carbons (Fsp3) is 0.167. The number of nitrogens with one attached hydrogen (secondary N) is 2. The molecule has 0 unspecified atom stereocenters. The van der Waals surface area contributed by atoms with Gasteiger partial charge in [-0.3, -0.25) is 9.59 Å². The number of hydrogen-bond donors (Lipinski definition) is 2. The molecular formula is C18H11F6N3O2S. The first kappa shape index (κ1) is 21.7. The van der Waals surface area contributed by atoms with Gasteiger partial charge >= 0.3 is 12.4 Å². The van der Waals surface area contributed by atoms with Gasteiger partial charge in [0, 0.05) is 5.69 Å². The Kier molecular flexibility index (Phi) is 5.79. The highest BCUT2D eigenvalue weighted by atomic mass is 32.2. The van der Waals surface area contributed by atoms with Gasteiger partial charge in [-0.15, -0.1) is 0 Å². The average molecular weight is 447 g/mol. The zero-order valence-electron chi connectivity index (χ0n) is 14.7. The number of para-hydroxylation sites is 1. The molecule has 2 N–H and O–H groups in total. The number of aromatic amines is 1. The molecule has 0 spiro atoms. The van der Waals surface area contributed by atoms with E-state index in [0.29, 0.717) is 23.0 Å². The summed E-state index contributed by atoms with van der Waals surface area (Å²) in [6, 6.07) is 7.21. The maximum atomic E-state index is 12.9. The van der Waals surface area contributed by atoms with Crippen molar-refractivity contribution in [3.8, 4) is 0 Å². The summed E-state index contributed by atoms with van der Waals surface area (Å²) in [5, 5.41) is 2.42. The third-order valence-electron chi connectivity index (χ3n) is 3.80. The van der Waals surface area contributed by atoms with Crippen LogP contribution in [-0.2, 0) is 17.1 Å². The molecule has 3 rings (SSSR count). The summed E-state index contributed by atoms with van der Waals surface area (Å²) in [6.07, 6.45) is -10.0. The Morgan fingerprint density at radius 2 is 1.60 bits per heavy atom. The zero-order valence-corrected chi connectivity index (χ0v) is 15.5. The molecule has 0 saturated heterocycles. The molecule has 0 atom stereocenters. The van der Waals surface area contributed by atoms with Gasteiger partial charge in [-0.25, -0.2) is 4.98 Å². The number of amides is 1. The van der Waals surface area contributed by atoms with Crippen LogP contribution in [0.15, 0.2) is 52.4 Å². The predicted octanol–water partition coefficient (Wildman–Crippen LogP) is 4.69. The topological polar surface area (TPSA) is 74.8 Å². The molecule has 30 heavy (non-hydrogen) atoms. The number of anilines is 1. The maximum Gasteiger partial charge on any atom is 0.416 e. The van der Waals surface area contributed by atoms with Crippen molar-refractivity contribution in [2.24, 2.45) is 0 Å². The summed E-state index contributed by atoms with van der Waals surface area (Å²) >= 11 is 0.773. The Morgan fingerprint density at radius 1 is 1.00 bits per heavy atom. The lowest BCUT2D eigenvalue weighted by Gasteiger charge is -2.14. The van der Waals surface area contributed by atoms with Gasteiger partial charge in [-0.1, -0.05) is 23.9 Å². The van der Waals surface area contributed by atoms with Crippen LogP contribution in [0.4, 0.5) is 32.0 Å². The van der Waals surface area contributed by atoms with Crippen LogP contribution >= 0.6 is 11.8 Å². The maximum absolute atomic E-state index is 12.9. The van der Waals surface area contributed by atoms with E-state index in [-0.39, 0.29) is 11.2 Å². The molecule has 0 aliphatic rings. The van der Waals surface area contributed by atoms with Crippen molar-refractivity contribution in [3.63, 3.8) is 0 Å². The standard InChI is InChI=1S/C18H11F6N3O2S/c19-17(20,21)9-5-10(18(22,23)24)7-11(6-9)25-14(28)8-30-16-26-13-4-2-1-3-12(13)15(29)27-16/h1-7H,8H2,(H,25,28)(H,26,27,29). The van der Waals surface area contributed by atoms with Crippen molar-refractivity contribution in [2.45, 2.75) is 17.5 Å². The molecule has 0 saturated carbocycles. The zero-order chi connectivity index (χ0) is 22.1. The number of fused-ring (bicyclic) bond motifs is 1. The summed E-state index contributed by atoms with van der Waals surface area (Å²) in [6.45, 7) is 0. The smallest absolute Gasteiger partial charge is 0.325 e. The van der Waals surface area contributed by atoms with E-state index in [4.69, 9.17) is 0 Å². The lowest BCUT2D eigenvalue weighted by molar-refractivity contribution is -0.143. The number of carbonyl (C=O) groups is 1. The number of thioether (sulfide) groups is 1. The van der Waals surface area contributed by atoms with Crippen LogP contribution in [0.5, 0.6) is 0 Å². The van der Waals surface area contributed by atoms with Crippen molar-refractivity contribution in [3.05, 3.63) is 63.9 Å². The number of carbonyl (C=O) groups excluding carboxylic acids is 1. The molecule has 1 amide bonds. The van der Waals surface area contributed by atoms with E-state index in [9.17, 15) is 35.9 Å². The van der Waals surface area contributed by atoms with E-state index in [1.807, 2.05) is 5.32 Å². The van der Waals surface area contributed by atoms with Gasteiger partial charge in [-0.2, -0.15) is 26.3 Å². The second-order valence-corrected chi connectivity index (χ2v) is 6.98. The molecule has 12 heteroatoms. The van der Waals surface area contributed by atoms with E-state index in [2.05, 4.69) is 9.97 Å². The van der Waals surface area contributed by atoms with Crippen molar-refractivity contribution in [2.75, 3.05) is 11.1 Å². The summed E-state index contributed by atoms with van der Waals surface area (Å²) in [5.41, 5.74) is -3.81. The van der Waals surface area contributed by atoms with Gasteiger partial charge in [0.2, 0.25) is 5.91 Å². The minimum atomic E-state index is -5.02. The molecule has 0 aliphatic heterocycles. The Balaban J connectivity index is 1.77. The number of halogens is 6. The molecule has 3 aromatic rings. The number of hydrogen-bond acceptors (Lipinski definition) is 4. The van der Waals surface area contributed by atoms with Crippen LogP contribution in [-0.4, -0.2) is 21.6 Å². The van der Waals surface area contributed by atoms with Crippen molar-refractivity contribution >= 4 is 34.3 Å². The number of nitrogens with zero attached hydrogens (tertiary/aromatic N) is 1. The van der Waals surface area contributed by atoms with Crippen LogP contribution < -0.4 is 10.9 Å². The van der Waals surface area contributed by atoms with E-state index in [1.165, 1.54) is 0 Å². The monoisotopic (exact) mass is 447 g/mol. The number of H-pyrrole nitrogens is 1. The number of rotatable bonds is 4.